The van der Waals surface area contributed by atoms with E-state index >= 15 is 0 Å². The molecule has 0 heteroatoms. The van der Waals surface area contributed by atoms with Gasteiger partial charge in [0.05, 0.1) is 0 Å². The Morgan fingerprint density at radius 1 is 0.174 bits per heavy atom. The molecule has 1 aliphatic carbocycles. The van der Waals surface area contributed by atoms with Crippen LogP contribution in [0.4, 0.5) is 0 Å². The van der Waals surface area contributed by atoms with Crippen molar-refractivity contribution in [3.63, 3.8) is 0 Å². The van der Waals surface area contributed by atoms with Crippen LogP contribution >= 0.6 is 0 Å². The smallest absolute Gasteiger partial charge is 0.00259 e. The maximum atomic E-state index is 2.47. The molecule has 0 aliphatic heterocycles. The van der Waals surface area contributed by atoms with Gasteiger partial charge >= 0.3 is 0 Å². The summed E-state index contributed by atoms with van der Waals surface area (Å²) < 4.78 is 0. The number of hydrogen-bond donors (Lipinski definition) is 0. The largest absolute Gasteiger partial charge is 0.0836 e. The molecule has 0 radical (unpaired) electrons. The summed E-state index contributed by atoms with van der Waals surface area (Å²) in [6.45, 7) is 0. The van der Waals surface area contributed by atoms with Crippen molar-refractivity contribution in [2.45, 2.75) is 12.8 Å². The number of hydrogen-bond acceptors (Lipinski definition) is 0. The molecule has 86 heavy (non-hydrogen) atoms. The molecule has 0 bridgehead atoms. The van der Waals surface area contributed by atoms with Crippen LogP contribution in [0.25, 0.3) is 170 Å². The highest BCUT2D eigenvalue weighted by Gasteiger charge is 2.22. The lowest BCUT2D eigenvalue weighted by atomic mass is 9.83. The molecule has 17 rings (SSSR count). The fourth-order valence-corrected chi connectivity index (χ4v) is 14.5. The number of benzene rings is 16. The second kappa shape index (κ2) is 20.5. The molecule has 0 nitrogen and oxygen atoms in total. The minimum absolute atomic E-state index is 1.07. The van der Waals surface area contributed by atoms with Crippen molar-refractivity contribution in [3.05, 3.63) is 321 Å². The summed E-state index contributed by atoms with van der Waals surface area (Å²) in [5.41, 5.74) is 19.7. The predicted octanol–water partition coefficient (Wildman–Crippen LogP) is 24.3. The van der Waals surface area contributed by atoms with Crippen LogP contribution in [0.2, 0.25) is 0 Å². The van der Waals surface area contributed by atoms with Crippen LogP contribution in [0.5, 0.6) is 0 Å². The van der Waals surface area contributed by atoms with Crippen molar-refractivity contribution < 1.29 is 0 Å². The molecule has 16 aromatic carbocycles. The fraction of sp³-hybridized carbons (Fsp3) is 0.0233. The maximum Gasteiger partial charge on any atom is -0.00259 e. The van der Waals surface area contributed by atoms with E-state index in [0.29, 0.717) is 0 Å². The fourth-order valence-electron chi connectivity index (χ4n) is 14.5. The summed E-state index contributed by atoms with van der Waals surface area (Å²) >= 11 is 0. The SMILES string of the molecule is C1=CC(c2c3ccccc3c(-c3ccc(-c4ccc5c(-c6ccc7ccccc7c6)c6cc(-c7ccc(-c8c9ccccc9c(-c9ccccc9)c9ccccc89)cc7)ccc6c(-c6ccc7ccccc7c6)c5c4)cc3)c3ccccc23)=CCC1. The first kappa shape index (κ1) is 49.7. The van der Waals surface area contributed by atoms with Gasteiger partial charge < -0.3 is 0 Å². The second-order valence-electron chi connectivity index (χ2n) is 23.2. The van der Waals surface area contributed by atoms with Crippen LogP contribution in [0, 0.1) is 0 Å². The molecule has 0 unspecified atom stereocenters. The third-order valence-corrected chi connectivity index (χ3v) is 18.4. The minimum atomic E-state index is 1.07. The molecular formula is C86H56. The minimum Gasteiger partial charge on any atom is -0.0836 e. The summed E-state index contributed by atoms with van der Waals surface area (Å²) in [6.07, 6.45) is 9.21. The van der Waals surface area contributed by atoms with Crippen molar-refractivity contribution in [1.29, 1.82) is 0 Å². The Morgan fingerprint density at radius 2 is 0.477 bits per heavy atom. The van der Waals surface area contributed by atoms with Gasteiger partial charge in [-0.05, 0) is 212 Å². The van der Waals surface area contributed by atoms with E-state index in [9.17, 15) is 0 Å². The zero-order chi connectivity index (χ0) is 56.7. The van der Waals surface area contributed by atoms with Crippen molar-refractivity contribution in [1.82, 2.24) is 0 Å². The summed E-state index contributed by atoms with van der Waals surface area (Å²) in [7, 11) is 0. The van der Waals surface area contributed by atoms with Crippen LogP contribution in [0.3, 0.4) is 0 Å². The normalized spacial score (nSPS) is 12.6. The van der Waals surface area contributed by atoms with E-state index in [4.69, 9.17) is 0 Å². The van der Waals surface area contributed by atoms with E-state index in [1.165, 1.54) is 175 Å². The second-order valence-corrected chi connectivity index (χ2v) is 23.2. The molecule has 1 aliphatic rings. The van der Waals surface area contributed by atoms with E-state index < -0.39 is 0 Å². The number of rotatable bonds is 8. The van der Waals surface area contributed by atoms with E-state index in [-0.39, 0.29) is 0 Å². The first-order chi connectivity index (χ1) is 42.7. The summed E-state index contributed by atoms with van der Waals surface area (Å²) in [5.74, 6) is 0. The molecule has 0 saturated heterocycles. The number of allylic oxidation sites excluding steroid dienone is 4. The molecular weight excluding hydrogens is 1030 g/mol. The highest BCUT2D eigenvalue weighted by atomic mass is 14.3. The Morgan fingerprint density at radius 3 is 0.872 bits per heavy atom. The average Bonchev–Trinajstić information content (AvgIpc) is 0.972. The third-order valence-electron chi connectivity index (χ3n) is 18.4. The van der Waals surface area contributed by atoms with Gasteiger partial charge in [0.1, 0.15) is 0 Å². The molecule has 0 saturated carbocycles. The lowest BCUT2D eigenvalue weighted by Crippen LogP contribution is -1.94. The highest BCUT2D eigenvalue weighted by molar-refractivity contribution is 6.25. The van der Waals surface area contributed by atoms with Crippen LogP contribution in [0.1, 0.15) is 18.4 Å². The lowest BCUT2D eigenvalue weighted by Gasteiger charge is -2.21. The lowest BCUT2D eigenvalue weighted by molar-refractivity contribution is 1.04. The Bertz CT molecular complexity index is 5370. The van der Waals surface area contributed by atoms with Crippen LogP contribution in [0.15, 0.2) is 315 Å². The zero-order valence-corrected chi connectivity index (χ0v) is 47.4. The van der Waals surface area contributed by atoms with Crippen molar-refractivity contribution in [2.24, 2.45) is 0 Å². The first-order valence-electron chi connectivity index (χ1n) is 30.2. The van der Waals surface area contributed by atoms with Crippen LogP contribution in [-0.4, -0.2) is 0 Å². The van der Waals surface area contributed by atoms with Gasteiger partial charge in [0.15, 0.2) is 0 Å². The first-order valence-corrected chi connectivity index (χ1v) is 30.2. The van der Waals surface area contributed by atoms with Crippen molar-refractivity contribution >= 4 is 91.8 Å². The molecule has 0 amide bonds. The standard InChI is InChI=1S/C86H56/c1-3-21-59(22-4-1)81-69-27-11-15-31-73(69)83(74-32-16-12-28-70(74)81)61-41-35-57(36-42-61)65-47-49-77-79(53-65)85(67-45-39-55-19-7-9-25-63(55)51-67)78-50-48-66(54-80(78)86(77)68-46-40-56-20-8-10-26-64(56)52-68)58-37-43-62(44-38-58)84-75-33-17-13-29-71(75)82(60-23-5-2-6-24-60)72-30-14-18-34-76(72)84/h1,3-5,7-54H,2,6H2. The quantitative estimate of drug-likeness (QED) is 0.133. The van der Waals surface area contributed by atoms with Crippen LogP contribution in [-0.2, 0) is 0 Å². The Labute approximate surface area is 500 Å². The van der Waals surface area contributed by atoms with Crippen molar-refractivity contribution in [2.75, 3.05) is 0 Å². The van der Waals surface area contributed by atoms with Gasteiger partial charge in [-0.15, -0.1) is 0 Å². The highest BCUT2D eigenvalue weighted by Crippen LogP contribution is 2.49. The van der Waals surface area contributed by atoms with Gasteiger partial charge in [-0.1, -0.05) is 291 Å². The summed E-state index contributed by atoms with van der Waals surface area (Å²) in [4.78, 5) is 0. The van der Waals surface area contributed by atoms with E-state index in [0.717, 1.165) is 12.8 Å². The molecule has 0 heterocycles. The zero-order valence-electron chi connectivity index (χ0n) is 47.4. The maximum absolute atomic E-state index is 2.47. The van der Waals surface area contributed by atoms with Crippen molar-refractivity contribution in [3.8, 4) is 77.9 Å². The summed E-state index contributed by atoms with van der Waals surface area (Å²) in [6, 6.07) is 111. The van der Waals surface area contributed by atoms with Gasteiger partial charge in [0.2, 0.25) is 0 Å². The van der Waals surface area contributed by atoms with E-state index in [1.807, 2.05) is 0 Å². The third kappa shape index (κ3) is 8.21. The van der Waals surface area contributed by atoms with Gasteiger partial charge in [-0.25, -0.2) is 0 Å². The molecule has 0 fully saturated rings. The molecule has 400 valence electrons. The van der Waals surface area contributed by atoms with Gasteiger partial charge in [-0.2, -0.15) is 0 Å². The Balaban J connectivity index is 0.849. The molecule has 16 aromatic rings. The Hall–Kier alpha value is -10.9. The molecule has 0 N–H and O–H groups in total. The van der Waals surface area contributed by atoms with E-state index in [2.05, 4.69) is 315 Å². The van der Waals surface area contributed by atoms with Gasteiger partial charge in [-0.3, -0.25) is 0 Å². The van der Waals surface area contributed by atoms with Gasteiger partial charge in [0, 0.05) is 0 Å². The molecule has 0 aromatic heterocycles. The van der Waals surface area contributed by atoms with E-state index in [1.54, 1.807) is 0 Å². The number of fused-ring (bicyclic) bond motifs is 8. The van der Waals surface area contributed by atoms with Crippen LogP contribution < -0.4 is 0 Å². The monoisotopic (exact) mass is 1090 g/mol. The average molecular weight is 1090 g/mol. The molecule has 0 atom stereocenters. The molecule has 0 spiro atoms. The van der Waals surface area contributed by atoms with Gasteiger partial charge in [0.25, 0.3) is 0 Å². The predicted molar refractivity (Wildman–Crippen MR) is 371 cm³/mol. The summed E-state index contributed by atoms with van der Waals surface area (Å²) in [5, 5.41) is 20.0. The topological polar surface area (TPSA) is 0 Å². The Kier molecular flexibility index (Phi) is 11.8.